The van der Waals surface area contributed by atoms with Crippen molar-refractivity contribution in [3.63, 3.8) is 0 Å². The van der Waals surface area contributed by atoms with Crippen molar-refractivity contribution >= 4 is 34.8 Å². The molecular weight excluding hydrogens is 342 g/mol. The zero-order valence-corrected chi connectivity index (χ0v) is 15.7. The number of nitrogens with one attached hydrogen (secondary N) is 2. The summed E-state index contributed by atoms with van der Waals surface area (Å²) in [6.45, 7) is 5.96. The normalized spacial score (nSPS) is 14.9. The molecule has 1 aliphatic rings. The number of piperidine rings is 1. The largest absolute Gasteiger partial charge is 0.317 e. The Balaban J connectivity index is 0.00000208. The van der Waals surface area contributed by atoms with E-state index in [0.29, 0.717) is 0 Å². The number of hydrogen-bond acceptors (Lipinski definition) is 4. The topological polar surface area (TPSA) is 54.0 Å². The lowest BCUT2D eigenvalue weighted by molar-refractivity contribution is -0.120. The molecule has 1 amide bonds. The van der Waals surface area contributed by atoms with Crippen molar-refractivity contribution in [3.8, 4) is 0 Å². The van der Waals surface area contributed by atoms with E-state index in [9.17, 15) is 4.79 Å². The number of hydrogen-bond donors (Lipinski definition) is 2. The van der Waals surface area contributed by atoms with Gasteiger partial charge in [-0.25, -0.2) is 4.98 Å². The standard InChI is InChI=1S/C18H23N3OS.ClH/c1-12-3-5-14(6-4-12)11-16-13(2)20-18(23-16)21-17(22)15-7-9-19-10-8-15;/h3-6,15,19H,7-11H2,1-2H3,(H,20,21,22);1H. The minimum absolute atomic E-state index is 0. The first kappa shape index (κ1) is 18.9. The molecule has 1 aromatic carbocycles. The number of carbonyl (C=O) groups excluding carboxylic acids is 1. The summed E-state index contributed by atoms with van der Waals surface area (Å²) in [6.07, 6.45) is 2.69. The van der Waals surface area contributed by atoms with E-state index in [4.69, 9.17) is 0 Å². The Bertz CT molecular complexity index is 678. The second-order valence-corrected chi connectivity index (χ2v) is 7.29. The van der Waals surface area contributed by atoms with Gasteiger partial charge >= 0.3 is 0 Å². The summed E-state index contributed by atoms with van der Waals surface area (Å²) in [6, 6.07) is 8.57. The highest BCUT2D eigenvalue weighted by Gasteiger charge is 2.22. The number of amides is 1. The minimum Gasteiger partial charge on any atom is -0.317 e. The van der Waals surface area contributed by atoms with Crippen LogP contribution < -0.4 is 10.6 Å². The molecule has 4 nitrogen and oxygen atoms in total. The van der Waals surface area contributed by atoms with Gasteiger partial charge in [0.15, 0.2) is 5.13 Å². The van der Waals surface area contributed by atoms with Crippen LogP contribution in [0.4, 0.5) is 5.13 Å². The zero-order chi connectivity index (χ0) is 16.2. The summed E-state index contributed by atoms with van der Waals surface area (Å²) in [4.78, 5) is 18.1. The highest BCUT2D eigenvalue weighted by Crippen LogP contribution is 2.26. The van der Waals surface area contributed by atoms with Gasteiger partial charge in [-0.2, -0.15) is 0 Å². The first-order valence-corrected chi connectivity index (χ1v) is 8.97. The number of rotatable bonds is 4. The van der Waals surface area contributed by atoms with Gasteiger partial charge in [-0.1, -0.05) is 29.8 Å². The summed E-state index contributed by atoms with van der Waals surface area (Å²) in [5.74, 6) is 0.225. The van der Waals surface area contributed by atoms with Crippen LogP contribution in [-0.4, -0.2) is 24.0 Å². The molecule has 2 heterocycles. The van der Waals surface area contributed by atoms with E-state index in [-0.39, 0.29) is 24.2 Å². The number of carbonyl (C=O) groups is 1. The first-order valence-electron chi connectivity index (χ1n) is 8.15. The molecule has 0 unspecified atom stereocenters. The van der Waals surface area contributed by atoms with Crippen molar-refractivity contribution in [1.82, 2.24) is 10.3 Å². The predicted molar refractivity (Wildman–Crippen MR) is 102 cm³/mol. The van der Waals surface area contributed by atoms with Crippen LogP contribution >= 0.6 is 23.7 Å². The lowest BCUT2D eigenvalue weighted by atomic mass is 9.97. The molecule has 0 atom stereocenters. The fourth-order valence-electron chi connectivity index (χ4n) is 2.83. The fraction of sp³-hybridized carbons (Fsp3) is 0.444. The summed E-state index contributed by atoms with van der Waals surface area (Å²) in [7, 11) is 0. The fourth-order valence-corrected chi connectivity index (χ4v) is 3.83. The van der Waals surface area contributed by atoms with Crippen molar-refractivity contribution in [1.29, 1.82) is 0 Å². The van der Waals surface area contributed by atoms with Gasteiger partial charge in [0.05, 0.1) is 5.69 Å². The molecular formula is C18H24ClN3OS. The summed E-state index contributed by atoms with van der Waals surface area (Å²) >= 11 is 1.59. The highest BCUT2D eigenvalue weighted by atomic mass is 35.5. The molecule has 0 aliphatic carbocycles. The van der Waals surface area contributed by atoms with Crippen LogP contribution in [-0.2, 0) is 11.2 Å². The van der Waals surface area contributed by atoms with E-state index in [1.807, 2.05) is 6.92 Å². The van der Waals surface area contributed by atoms with Crippen LogP contribution in [0.5, 0.6) is 0 Å². The van der Waals surface area contributed by atoms with Gasteiger partial charge in [-0.05, 0) is 45.3 Å². The van der Waals surface area contributed by atoms with E-state index in [1.54, 1.807) is 11.3 Å². The third-order valence-corrected chi connectivity index (χ3v) is 5.39. The highest BCUT2D eigenvalue weighted by molar-refractivity contribution is 7.15. The lowest BCUT2D eigenvalue weighted by Crippen LogP contribution is -2.34. The molecule has 0 spiro atoms. The minimum atomic E-state index is 0. The van der Waals surface area contributed by atoms with Gasteiger partial charge in [0.1, 0.15) is 0 Å². The average Bonchev–Trinajstić information content (AvgIpc) is 2.90. The van der Waals surface area contributed by atoms with Crippen molar-refractivity contribution in [2.24, 2.45) is 5.92 Å². The molecule has 2 N–H and O–H groups in total. The van der Waals surface area contributed by atoms with Crippen molar-refractivity contribution in [2.75, 3.05) is 18.4 Å². The Morgan fingerprint density at radius 2 is 1.92 bits per heavy atom. The van der Waals surface area contributed by atoms with Gasteiger partial charge in [0.25, 0.3) is 0 Å². The predicted octanol–water partition coefficient (Wildman–Crippen LogP) is 3.71. The molecule has 1 fully saturated rings. The molecule has 130 valence electrons. The second kappa shape index (κ2) is 8.60. The van der Waals surface area contributed by atoms with E-state index >= 15 is 0 Å². The van der Waals surface area contributed by atoms with Crippen LogP contribution in [0.2, 0.25) is 0 Å². The Labute approximate surface area is 153 Å². The molecule has 6 heteroatoms. The number of aryl methyl sites for hydroxylation is 2. The number of thiazole rings is 1. The van der Waals surface area contributed by atoms with Gasteiger partial charge in [-0.3, -0.25) is 4.79 Å². The Morgan fingerprint density at radius 1 is 1.25 bits per heavy atom. The molecule has 0 bridgehead atoms. The quantitative estimate of drug-likeness (QED) is 0.868. The summed E-state index contributed by atoms with van der Waals surface area (Å²) in [5.41, 5.74) is 3.56. The third-order valence-electron chi connectivity index (χ3n) is 4.32. The van der Waals surface area contributed by atoms with E-state index in [0.717, 1.165) is 43.2 Å². The van der Waals surface area contributed by atoms with E-state index in [2.05, 4.69) is 46.8 Å². The summed E-state index contributed by atoms with van der Waals surface area (Å²) < 4.78 is 0. The van der Waals surface area contributed by atoms with Gasteiger partial charge in [-0.15, -0.1) is 23.7 Å². The van der Waals surface area contributed by atoms with Crippen LogP contribution in [0.3, 0.4) is 0 Å². The lowest BCUT2D eigenvalue weighted by Gasteiger charge is -2.20. The Morgan fingerprint density at radius 3 is 2.58 bits per heavy atom. The van der Waals surface area contributed by atoms with Crippen molar-refractivity contribution in [3.05, 3.63) is 46.0 Å². The van der Waals surface area contributed by atoms with E-state index < -0.39 is 0 Å². The smallest absolute Gasteiger partial charge is 0.229 e. The van der Waals surface area contributed by atoms with Crippen molar-refractivity contribution in [2.45, 2.75) is 33.1 Å². The monoisotopic (exact) mass is 365 g/mol. The van der Waals surface area contributed by atoms with Crippen LogP contribution in [0.25, 0.3) is 0 Å². The molecule has 2 aromatic rings. The van der Waals surface area contributed by atoms with Crippen LogP contribution in [0.15, 0.2) is 24.3 Å². The second-order valence-electron chi connectivity index (χ2n) is 6.20. The first-order chi connectivity index (χ1) is 11.1. The maximum atomic E-state index is 12.3. The summed E-state index contributed by atoms with van der Waals surface area (Å²) in [5, 5.41) is 7.02. The number of halogens is 1. The molecule has 1 saturated heterocycles. The maximum Gasteiger partial charge on any atom is 0.229 e. The number of anilines is 1. The van der Waals surface area contributed by atoms with Gasteiger partial charge in [0, 0.05) is 17.2 Å². The number of nitrogens with zero attached hydrogens (tertiary/aromatic N) is 1. The number of benzene rings is 1. The van der Waals surface area contributed by atoms with E-state index in [1.165, 1.54) is 16.0 Å². The Kier molecular flexibility index (Phi) is 6.78. The average molecular weight is 366 g/mol. The molecule has 1 aromatic heterocycles. The zero-order valence-electron chi connectivity index (χ0n) is 14.1. The SMILES string of the molecule is Cc1ccc(Cc2sc(NC(=O)C3CCNCC3)nc2C)cc1.Cl. The third kappa shape index (κ3) is 4.79. The van der Waals surface area contributed by atoms with Crippen molar-refractivity contribution < 1.29 is 4.79 Å². The molecule has 3 rings (SSSR count). The molecule has 1 aliphatic heterocycles. The molecule has 0 saturated carbocycles. The Hall–Kier alpha value is -1.43. The van der Waals surface area contributed by atoms with Crippen LogP contribution in [0, 0.1) is 19.8 Å². The maximum absolute atomic E-state index is 12.3. The molecule has 24 heavy (non-hydrogen) atoms. The van der Waals surface area contributed by atoms with Gasteiger partial charge in [0.2, 0.25) is 5.91 Å². The molecule has 0 radical (unpaired) electrons. The van der Waals surface area contributed by atoms with Gasteiger partial charge < -0.3 is 10.6 Å². The van der Waals surface area contributed by atoms with Crippen LogP contribution in [0.1, 0.15) is 34.5 Å². The number of aromatic nitrogens is 1.